The lowest BCUT2D eigenvalue weighted by Gasteiger charge is -2.24. The van der Waals surface area contributed by atoms with Crippen LogP contribution in [0.3, 0.4) is 0 Å². The molecular weight excluding hydrogens is 755 g/mol. The minimum Gasteiger partial charge on any atom is -0.462 e. The number of esters is 1. The van der Waals surface area contributed by atoms with Gasteiger partial charge in [-0.1, -0.05) is 234 Å². The van der Waals surface area contributed by atoms with Crippen molar-refractivity contribution in [2.24, 2.45) is 0 Å². The average Bonchev–Trinajstić information content (AvgIpc) is 3.25. The van der Waals surface area contributed by atoms with Crippen molar-refractivity contribution < 1.29 is 24.5 Å². The third-order valence-corrected chi connectivity index (χ3v) is 11.1. The molecule has 0 aliphatic rings. The molecule has 0 aliphatic carbocycles. The second-order valence-electron chi connectivity index (χ2n) is 17.0. The highest BCUT2D eigenvalue weighted by Gasteiger charge is 2.24. The smallest absolute Gasteiger partial charge is 0.306 e. The van der Waals surface area contributed by atoms with E-state index >= 15 is 0 Å². The van der Waals surface area contributed by atoms with Crippen LogP contribution in [0.2, 0.25) is 0 Å². The minimum absolute atomic E-state index is 0.0314. The number of hydrogen-bond acceptors (Lipinski definition) is 5. The molecule has 0 bridgehead atoms. The van der Waals surface area contributed by atoms with Crippen LogP contribution in [0.15, 0.2) is 85.1 Å². The van der Waals surface area contributed by atoms with Gasteiger partial charge >= 0.3 is 5.97 Å². The van der Waals surface area contributed by atoms with Gasteiger partial charge in [-0.2, -0.15) is 0 Å². The van der Waals surface area contributed by atoms with Crippen molar-refractivity contribution in [3.05, 3.63) is 85.1 Å². The SMILES string of the molecule is CC/C=C/C=C/C=C\C=C/C=C/CCCC(=O)OC(CCCCCC/C=C/C=C/CCCCC)CC(=O)NC(CO)C(O)CCCCCCCCCCCCCCCCCC. The van der Waals surface area contributed by atoms with Crippen LogP contribution < -0.4 is 5.32 Å². The standard InChI is InChI=1S/C55H95NO5/c1-4-7-10-13-16-19-22-25-26-27-30-32-35-38-41-44-47-53(58)52(50-57)56-54(59)49-51(46-43-40-37-34-31-28-23-20-17-14-11-8-5-2)61-55(60)48-45-42-39-36-33-29-24-21-18-15-12-9-6-3/h9,12,15,17-18,20-21,23-24,28-29,33,36,39,51-53,57-58H,4-8,10-11,13-14,16,19,22,25-27,30-32,34-35,37-38,40-50H2,1-3H3,(H,56,59)/b12-9+,18-15+,20-17+,24-21-,28-23+,33-29-,39-36+. The molecule has 0 rings (SSSR count). The molecule has 6 heteroatoms. The summed E-state index contributed by atoms with van der Waals surface area (Å²) < 4.78 is 5.87. The Morgan fingerprint density at radius 2 is 0.885 bits per heavy atom. The van der Waals surface area contributed by atoms with E-state index in [1.165, 1.54) is 103 Å². The van der Waals surface area contributed by atoms with Crippen LogP contribution in [0.1, 0.15) is 226 Å². The Balaban J connectivity index is 4.67. The van der Waals surface area contributed by atoms with Crippen molar-refractivity contribution in [1.29, 1.82) is 0 Å². The second-order valence-corrected chi connectivity index (χ2v) is 17.0. The van der Waals surface area contributed by atoms with Gasteiger partial charge in [-0.25, -0.2) is 0 Å². The Labute approximate surface area is 376 Å². The molecular formula is C55H95NO5. The lowest BCUT2D eigenvalue weighted by molar-refractivity contribution is -0.151. The Morgan fingerprint density at radius 3 is 1.39 bits per heavy atom. The van der Waals surface area contributed by atoms with Gasteiger partial charge in [0.05, 0.1) is 25.2 Å². The predicted molar refractivity (Wildman–Crippen MR) is 264 cm³/mol. The summed E-state index contributed by atoms with van der Waals surface area (Å²) in [6.45, 7) is 6.28. The normalized spacial score (nSPS) is 14.0. The predicted octanol–water partition coefficient (Wildman–Crippen LogP) is 15.2. The van der Waals surface area contributed by atoms with E-state index in [-0.39, 0.29) is 24.9 Å². The summed E-state index contributed by atoms with van der Waals surface area (Å²) >= 11 is 0. The van der Waals surface area contributed by atoms with Gasteiger partial charge in [0, 0.05) is 6.42 Å². The zero-order valence-electron chi connectivity index (χ0n) is 39.8. The van der Waals surface area contributed by atoms with Crippen molar-refractivity contribution in [1.82, 2.24) is 5.32 Å². The van der Waals surface area contributed by atoms with Crippen LogP contribution >= 0.6 is 0 Å². The first-order valence-corrected chi connectivity index (χ1v) is 25.4. The number of carbonyl (C=O) groups excluding carboxylic acids is 2. The zero-order chi connectivity index (χ0) is 44.5. The van der Waals surface area contributed by atoms with Crippen LogP contribution in [0.5, 0.6) is 0 Å². The third kappa shape index (κ3) is 43.5. The Hall–Kier alpha value is -2.96. The molecule has 3 atom stereocenters. The summed E-state index contributed by atoms with van der Waals surface area (Å²) in [5.41, 5.74) is 0. The first-order valence-electron chi connectivity index (χ1n) is 25.4. The summed E-state index contributed by atoms with van der Waals surface area (Å²) in [5.74, 6) is -0.587. The van der Waals surface area contributed by atoms with E-state index < -0.39 is 18.2 Å². The maximum atomic E-state index is 13.2. The van der Waals surface area contributed by atoms with E-state index in [9.17, 15) is 19.8 Å². The maximum absolute atomic E-state index is 13.2. The number of amides is 1. The van der Waals surface area contributed by atoms with Gasteiger partial charge in [0.15, 0.2) is 0 Å². The molecule has 0 heterocycles. The van der Waals surface area contributed by atoms with Crippen LogP contribution in [-0.4, -0.2) is 46.9 Å². The van der Waals surface area contributed by atoms with E-state index in [1.807, 2.05) is 54.7 Å². The molecule has 0 aromatic heterocycles. The molecule has 350 valence electrons. The van der Waals surface area contributed by atoms with Gasteiger partial charge in [0.2, 0.25) is 5.91 Å². The molecule has 0 spiro atoms. The highest BCUT2D eigenvalue weighted by atomic mass is 16.5. The van der Waals surface area contributed by atoms with Crippen LogP contribution in [-0.2, 0) is 14.3 Å². The fourth-order valence-corrected chi connectivity index (χ4v) is 7.27. The molecule has 0 fully saturated rings. The van der Waals surface area contributed by atoms with Gasteiger partial charge < -0.3 is 20.3 Å². The van der Waals surface area contributed by atoms with Crippen molar-refractivity contribution >= 4 is 11.9 Å². The van der Waals surface area contributed by atoms with E-state index in [1.54, 1.807) is 0 Å². The highest BCUT2D eigenvalue weighted by Crippen LogP contribution is 2.17. The van der Waals surface area contributed by atoms with Gasteiger partial charge in [0.1, 0.15) is 6.10 Å². The van der Waals surface area contributed by atoms with Crippen LogP contribution in [0.25, 0.3) is 0 Å². The number of unbranched alkanes of at least 4 members (excludes halogenated alkanes) is 23. The number of ether oxygens (including phenoxy) is 1. The van der Waals surface area contributed by atoms with E-state index in [2.05, 4.69) is 56.5 Å². The molecule has 0 aliphatic heterocycles. The van der Waals surface area contributed by atoms with Crippen molar-refractivity contribution in [2.75, 3.05) is 6.61 Å². The van der Waals surface area contributed by atoms with Gasteiger partial charge in [-0.3, -0.25) is 9.59 Å². The molecule has 3 unspecified atom stereocenters. The largest absolute Gasteiger partial charge is 0.462 e. The molecule has 0 aromatic carbocycles. The number of carbonyl (C=O) groups is 2. The molecule has 61 heavy (non-hydrogen) atoms. The fraction of sp³-hybridized carbons (Fsp3) is 0.709. The second kappa shape index (κ2) is 48.1. The number of aliphatic hydroxyl groups is 2. The lowest BCUT2D eigenvalue weighted by Crippen LogP contribution is -2.46. The Kier molecular flexibility index (Phi) is 45.7. The topological polar surface area (TPSA) is 95.9 Å². The highest BCUT2D eigenvalue weighted by molar-refractivity contribution is 5.77. The zero-order valence-corrected chi connectivity index (χ0v) is 39.8. The molecule has 0 saturated heterocycles. The van der Waals surface area contributed by atoms with E-state index in [0.717, 1.165) is 70.6 Å². The monoisotopic (exact) mass is 850 g/mol. The molecule has 0 radical (unpaired) electrons. The lowest BCUT2D eigenvalue weighted by atomic mass is 10.0. The number of aliphatic hydroxyl groups excluding tert-OH is 2. The average molecular weight is 850 g/mol. The number of allylic oxidation sites excluding steroid dienone is 14. The Morgan fingerprint density at radius 1 is 0.492 bits per heavy atom. The summed E-state index contributed by atoms with van der Waals surface area (Å²) in [4.78, 5) is 26.1. The fourth-order valence-electron chi connectivity index (χ4n) is 7.27. The summed E-state index contributed by atoms with van der Waals surface area (Å²) in [6, 6.07) is -0.727. The molecule has 6 nitrogen and oxygen atoms in total. The van der Waals surface area contributed by atoms with Crippen LogP contribution in [0.4, 0.5) is 0 Å². The van der Waals surface area contributed by atoms with Gasteiger partial charge in [-0.15, -0.1) is 0 Å². The molecule has 0 saturated carbocycles. The van der Waals surface area contributed by atoms with Gasteiger partial charge in [-0.05, 0) is 64.2 Å². The first-order chi connectivity index (χ1) is 30.0. The summed E-state index contributed by atoms with van der Waals surface area (Å²) in [7, 11) is 0. The number of hydrogen-bond donors (Lipinski definition) is 3. The first kappa shape index (κ1) is 58.0. The molecule has 3 N–H and O–H groups in total. The third-order valence-electron chi connectivity index (χ3n) is 11.1. The number of nitrogens with one attached hydrogen (secondary N) is 1. The van der Waals surface area contributed by atoms with Crippen molar-refractivity contribution in [3.8, 4) is 0 Å². The number of rotatable bonds is 44. The molecule has 1 amide bonds. The quantitative estimate of drug-likeness (QED) is 0.0322. The van der Waals surface area contributed by atoms with Crippen LogP contribution in [0, 0.1) is 0 Å². The van der Waals surface area contributed by atoms with Gasteiger partial charge in [0.25, 0.3) is 0 Å². The van der Waals surface area contributed by atoms with Crippen molar-refractivity contribution in [2.45, 2.75) is 244 Å². The van der Waals surface area contributed by atoms with E-state index in [0.29, 0.717) is 25.7 Å². The Bertz CT molecular complexity index is 1180. The maximum Gasteiger partial charge on any atom is 0.306 e. The molecule has 0 aromatic rings. The minimum atomic E-state index is -0.809. The summed E-state index contributed by atoms with van der Waals surface area (Å²) in [6.07, 6.45) is 62.2. The van der Waals surface area contributed by atoms with Crippen molar-refractivity contribution in [3.63, 3.8) is 0 Å². The van der Waals surface area contributed by atoms with E-state index in [4.69, 9.17) is 4.74 Å². The summed E-state index contributed by atoms with van der Waals surface area (Å²) in [5, 5.41) is 23.8.